The minimum atomic E-state index is -3.53. The minimum Gasteiger partial charge on any atom is -0.354 e. The lowest BCUT2D eigenvalue weighted by Gasteiger charge is -2.17. The maximum Gasteiger partial charge on any atom is 0.279 e. The van der Waals surface area contributed by atoms with E-state index in [4.69, 9.17) is 11.6 Å². The summed E-state index contributed by atoms with van der Waals surface area (Å²) >= 11 is 5.83. The largest absolute Gasteiger partial charge is 0.354 e. The number of nitrogens with one attached hydrogen (secondary N) is 1. The number of rotatable bonds is 8. The van der Waals surface area contributed by atoms with Crippen LogP contribution < -0.4 is 4.72 Å². The molecule has 0 spiro atoms. The van der Waals surface area contributed by atoms with Crippen LogP contribution in [-0.4, -0.2) is 24.3 Å². The van der Waals surface area contributed by atoms with E-state index in [1.165, 1.54) is 4.31 Å². The fraction of sp³-hybridized carbons (Fsp3) is 0.375. The average Bonchev–Trinajstić information content (AvgIpc) is 2.96. The molecule has 7 heteroatoms. The van der Waals surface area contributed by atoms with Crippen LogP contribution in [0.5, 0.6) is 0 Å². The number of aryl methyl sites for hydroxylation is 1. The molecule has 23 heavy (non-hydrogen) atoms. The second kappa shape index (κ2) is 7.97. The van der Waals surface area contributed by atoms with Crippen molar-refractivity contribution >= 4 is 21.8 Å². The number of hydrogen-bond donors (Lipinski definition) is 1. The fourth-order valence-corrected chi connectivity index (χ4v) is 3.22. The molecular weight excluding hydrogens is 334 g/mol. The van der Waals surface area contributed by atoms with E-state index in [0.29, 0.717) is 11.6 Å². The normalized spacial score (nSPS) is 12.0. The molecule has 126 valence electrons. The standard InChI is InChI=1S/C16H22ClN3O2S/c1-3-9-20-10-8-15(13-20)11-18-23(21,22)19(2)12-14-4-6-16(17)7-5-14/h4-8,10,13,18H,3,9,11-12H2,1-2H3. The molecule has 0 aliphatic rings. The van der Waals surface area contributed by atoms with Gasteiger partial charge in [-0.05, 0) is 35.7 Å². The van der Waals surface area contributed by atoms with Gasteiger partial charge in [0, 0.05) is 44.1 Å². The van der Waals surface area contributed by atoms with Crippen molar-refractivity contribution in [1.82, 2.24) is 13.6 Å². The van der Waals surface area contributed by atoms with Crippen molar-refractivity contribution in [2.75, 3.05) is 7.05 Å². The predicted molar refractivity (Wildman–Crippen MR) is 93.4 cm³/mol. The Morgan fingerprint density at radius 3 is 2.52 bits per heavy atom. The van der Waals surface area contributed by atoms with Gasteiger partial charge in [-0.1, -0.05) is 30.7 Å². The van der Waals surface area contributed by atoms with Crippen LogP contribution in [0.25, 0.3) is 0 Å². The summed E-state index contributed by atoms with van der Waals surface area (Å²) in [5.74, 6) is 0. The molecule has 2 aromatic rings. The van der Waals surface area contributed by atoms with E-state index < -0.39 is 10.2 Å². The Morgan fingerprint density at radius 1 is 1.17 bits per heavy atom. The van der Waals surface area contributed by atoms with E-state index in [1.54, 1.807) is 19.2 Å². The molecule has 1 heterocycles. The van der Waals surface area contributed by atoms with Gasteiger partial charge in [0.2, 0.25) is 0 Å². The molecule has 0 aliphatic heterocycles. The maximum atomic E-state index is 12.3. The van der Waals surface area contributed by atoms with Crippen LogP contribution in [0.1, 0.15) is 24.5 Å². The number of hydrogen-bond acceptors (Lipinski definition) is 2. The second-order valence-corrected chi connectivity index (χ2v) is 7.76. The molecular formula is C16H22ClN3O2S. The quantitative estimate of drug-likeness (QED) is 0.791. The Kier molecular flexibility index (Phi) is 6.24. The highest BCUT2D eigenvalue weighted by molar-refractivity contribution is 7.87. The molecule has 1 N–H and O–H groups in total. The van der Waals surface area contributed by atoms with Gasteiger partial charge in [-0.2, -0.15) is 17.4 Å². The third-order valence-corrected chi connectivity index (χ3v) is 5.19. The van der Waals surface area contributed by atoms with Crippen molar-refractivity contribution in [3.05, 3.63) is 58.9 Å². The summed E-state index contributed by atoms with van der Waals surface area (Å²) in [5.41, 5.74) is 1.83. The predicted octanol–water partition coefficient (Wildman–Crippen LogP) is 3.02. The molecule has 0 amide bonds. The molecule has 0 bridgehead atoms. The molecule has 0 saturated heterocycles. The highest BCUT2D eigenvalue weighted by Gasteiger charge is 2.17. The lowest BCUT2D eigenvalue weighted by Crippen LogP contribution is -2.37. The smallest absolute Gasteiger partial charge is 0.279 e. The van der Waals surface area contributed by atoms with E-state index in [0.717, 1.165) is 24.1 Å². The van der Waals surface area contributed by atoms with Gasteiger partial charge in [0.25, 0.3) is 10.2 Å². The Morgan fingerprint density at radius 2 is 1.87 bits per heavy atom. The van der Waals surface area contributed by atoms with Crippen molar-refractivity contribution in [3.63, 3.8) is 0 Å². The number of benzene rings is 1. The second-order valence-electron chi connectivity index (χ2n) is 5.47. The van der Waals surface area contributed by atoms with Crippen molar-refractivity contribution in [1.29, 1.82) is 0 Å². The summed E-state index contributed by atoms with van der Waals surface area (Å²) in [6.07, 6.45) is 4.97. The van der Waals surface area contributed by atoms with E-state index in [9.17, 15) is 8.42 Å². The number of nitrogens with zero attached hydrogens (tertiary/aromatic N) is 2. The molecule has 0 fully saturated rings. The van der Waals surface area contributed by atoms with Crippen molar-refractivity contribution in [3.8, 4) is 0 Å². The number of aromatic nitrogens is 1. The molecule has 2 rings (SSSR count). The van der Waals surface area contributed by atoms with Crippen LogP contribution in [0.15, 0.2) is 42.7 Å². The Hall–Kier alpha value is -1.34. The molecule has 5 nitrogen and oxygen atoms in total. The van der Waals surface area contributed by atoms with E-state index in [1.807, 2.05) is 30.6 Å². The molecule has 0 atom stereocenters. The Labute approximate surface area is 143 Å². The summed E-state index contributed by atoms with van der Waals surface area (Å²) in [6.45, 7) is 3.62. The maximum absolute atomic E-state index is 12.3. The van der Waals surface area contributed by atoms with Crippen LogP contribution in [0.3, 0.4) is 0 Å². The van der Waals surface area contributed by atoms with Gasteiger partial charge in [0.05, 0.1) is 0 Å². The van der Waals surface area contributed by atoms with Gasteiger partial charge < -0.3 is 4.57 Å². The van der Waals surface area contributed by atoms with E-state index in [-0.39, 0.29) is 6.54 Å². The van der Waals surface area contributed by atoms with Crippen LogP contribution >= 0.6 is 11.6 Å². The third-order valence-electron chi connectivity index (χ3n) is 3.48. The summed E-state index contributed by atoms with van der Waals surface area (Å²) < 4.78 is 30.5. The summed E-state index contributed by atoms with van der Waals surface area (Å²) in [6, 6.07) is 9.07. The monoisotopic (exact) mass is 355 g/mol. The van der Waals surface area contributed by atoms with Gasteiger partial charge in [-0.3, -0.25) is 0 Å². The molecule has 1 aromatic heterocycles. The van der Waals surface area contributed by atoms with Crippen LogP contribution in [0.4, 0.5) is 0 Å². The Balaban J connectivity index is 1.92. The molecule has 1 aromatic carbocycles. The van der Waals surface area contributed by atoms with Crippen LogP contribution in [0, 0.1) is 0 Å². The van der Waals surface area contributed by atoms with Crippen LogP contribution in [-0.2, 0) is 29.8 Å². The van der Waals surface area contributed by atoms with Crippen LogP contribution in [0.2, 0.25) is 5.02 Å². The van der Waals surface area contributed by atoms with E-state index >= 15 is 0 Å². The first-order valence-corrected chi connectivity index (χ1v) is 9.32. The van der Waals surface area contributed by atoms with Gasteiger partial charge in [-0.15, -0.1) is 0 Å². The fourth-order valence-electron chi connectivity index (χ4n) is 2.21. The van der Waals surface area contributed by atoms with Crippen molar-refractivity contribution in [2.24, 2.45) is 0 Å². The van der Waals surface area contributed by atoms with Gasteiger partial charge in [-0.25, -0.2) is 0 Å². The minimum absolute atomic E-state index is 0.282. The number of halogens is 1. The highest BCUT2D eigenvalue weighted by Crippen LogP contribution is 2.12. The third kappa shape index (κ3) is 5.35. The summed E-state index contributed by atoms with van der Waals surface area (Å²) in [7, 11) is -1.97. The van der Waals surface area contributed by atoms with Gasteiger partial charge in [0.15, 0.2) is 0 Å². The first-order chi connectivity index (χ1) is 10.9. The Bertz CT molecular complexity index is 726. The summed E-state index contributed by atoms with van der Waals surface area (Å²) in [4.78, 5) is 0. The van der Waals surface area contributed by atoms with Crippen molar-refractivity contribution in [2.45, 2.75) is 33.0 Å². The lowest BCUT2D eigenvalue weighted by atomic mass is 10.2. The van der Waals surface area contributed by atoms with Crippen molar-refractivity contribution < 1.29 is 8.42 Å². The first-order valence-electron chi connectivity index (χ1n) is 7.50. The first kappa shape index (κ1) is 18.0. The molecule has 0 unspecified atom stereocenters. The van der Waals surface area contributed by atoms with E-state index in [2.05, 4.69) is 16.2 Å². The van der Waals surface area contributed by atoms with Gasteiger partial charge in [0.1, 0.15) is 0 Å². The lowest BCUT2D eigenvalue weighted by molar-refractivity contribution is 0.454. The molecule has 0 aliphatic carbocycles. The highest BCUT2D eigenvalue weighted by atomic mass is 35.5. The topological polar surface area (TPSA) is 54.3 Å². The zero-order valence-corrected chi connectivity index (χ0v) is 14.9. The van der Waals surface area contributed by atoms with Gasteiger partial charge >= 0.3 is 0 Å². The SMILES string of the molecule is CCCn1ccc(CNS(=O)(=O)N(C)Cc2ccc(Cl)cc2)c1. The molecule has 0 radical (unpaired) electrons. The zero-order valence-electron chi connectivity index (χ0n) is 13.4. The average molecular weight is 356 g/mol. The zero-order chi connectivity index (χ0) is 16.9. The summed E-state index contributed by atoms with van der Waals surface area (Å²) in [5, 5.41) is 0.633. The molecule has 0 saturated carbocycles.